The summed E-state index contributed by atoms with van der Waals surface area (Å²) >= 11 is 0. The van der Waals surface area contributed by atoms with Crippen molar-refractivity contribution < 1.29 is 19.4 Å². The quantitative estimate of drug-likeness (QED) is 0.796. The normalized spacial score (nSPS) is 34.7. The summed E-state index contributed by atoms with van der Waals surface area (Å²) in [6.07, 6.45) is 5.46. The summed E-state index contributed by atoms with van der Waals surface area (Å²) < 4.78 is 5.33. The van der Waals surface area contributed by atoms with Crippen LogP contribution in [0.5, 0.6) is 0 Å². The molecule has 4 atom stereocenters. The lowest BCUT2D eigenvalue weighted by atomic mass is 9.78. The van der Waals surface area contributed by atoms with Crippen molar-refractivity contribution in [2.45, 2.75) is 58.5 Å². The number of carbonyl (C=O) groups excluding carboxylic acids is 1. The Balaban J connectivity index is 2.06. The summed E-state index contributed by atoms with van der Waals surface area (Å²) in [6, 6.07) is 0. The molecule has 0 spiro atoms. The van der Waals surface area contributed by atoms with Gasteiger partial charge in [0.2, 0.25) is 0 Å². The molecule has 2 fully saturated rings. The van der Waals surface area contributed by atoms with E-state index < -0.39 is 5.97 Å². The molecule has 1 N–H and O–H groups in total. The molecule has 2 aliphatic carbocycles. The molecule has 19 heavy (non-hydrogen) atoms. The average Bonchev–Trinajstić information content (AvgIpc) is 2.96. The maximum atomic E-state index is 12.1. The lowest BCUT2D eigenvalue weighted by Crippen LogP contribution is -2.32. The molecular formula is C15H24O4. The lowest BCUT2D eigenvalue weighted by molar-refractivity contribution is -0.156. The second-order valence-electron chi connectivity index (χ2n) is 6.23. The van der Waals surface area contributed by atoms with Crippen LogP contribution in [-0.2, 0) is 14.3 Å². The summed E-state index contributed by atoms with van der Waals surface area (Å²) in [7, 11) is 0. The molecule has 4 heteroatoms. The minimum absolute atomic E-state index is 0.0765. The Morgan fingerprint density at radius 1 is 1.00 bits per heavy atom. The number of carbonyl (C=O) groups is 2. The molecule has 0 aromatic carbocycles. The van der Waals surface area contributed by atoms with E-state index in [0.717, 1.165) is 38.5 Å². The molecule has 0 bridgehead atoms. The number of carboxylic acid groups (broad SMARTS) is 1. The van der Waals surface area contributed by atoms with Gasteiger partial charge in [-0.25, -0.2) is 0 Å². The predicted molar refractivity (Wildman–Crippen MR) is 70.5 cm³/mol. The van der Waals surface area contributed by atoms with Crippen molar-refractivity contribution in [2.75, 3.05) is 0 Å². The molecule has 0 aromatic heterocycles. The highest BCUT2D eigenvalue weighted by atomic mass is 16.5. The summed E-state index contributed by atoms with van der Waals surface area (Å²) in [5.74, 6) is -0.747. The zero-order valence-electron chi connectivity index (χ0n) is 11.8. The van der Waals surface area contributed by atoms with Crippen LogP contribution in [0, 0.1) is 23.7 Å². The van der Waals surface area contributed by atoms with Crippen molar-refractivity contribution in [1.29, 1.82) is 0 Å². The summed E-state index contributed by atoms with van der Waals surface area (Å²) in [4.78, 5) is 23.4. The second-order valence-corrected chi connectivity index (χ2v) is 6.23. The predicted octanol–water partition coefficient (Wildman–Crippen LogP) is 2.86. The molecule has 0 aliphatic heterocycles. The molecule has 108 valence electrons. The van der Waals surface area contributed by atoms with Crippen molar-refractivity contribution in [3.05, 3.63) is 0 Å². The molecule has 4 unspecified atom stereocenters. The third-order valence-corrected chi connectivity index (χ3v) is 4.66. The second kappa shape index (κ2) is 5.93. The molecule has 0 saturated heterocycles. The average molecular weight is 268 g/mol. The molecule has 0 heterocycles. The van der Waals surface area contributed by atoms with Crippen molar-refractivity contribution in [3.63, 3.8) is 0 Å². The summed E-state index contributed by atoms with van der Waals surface area (Å²) in [6.45, 7) is 3.72. The van der Waals surface area contributed by atoms with Crippen LogP contribution < -0.4 is 0 Å². The van der Waals surface area contributed by atoms with Gasteiger partial charge in [-0.1, -0.05) is 12.8 Å². The third kappa shape index (κ3) is 3.10. The van der Waals surface area contributed by atoms with Gasteiger partial charge in [0.1, 0.15) is 0 Å². The van der Waals surface area contributed by atoms with E-state index in [9.17, 15) is 14.7 Å². The Labute approximate surface area is 114 Å². The van der Waals surface area contributed by atoms with Crippen molar-refractivity contribution in [2.24, 2.45) is 23.7 Å². The van der Waals surface area contributed by atoms with E-state index in [2.05, 4.69) is 0 Å². The maximum absolute atomic E-state index is 12.1. The maximum Gasteiger partial charge on any atom is 0.309 e. The molecule has 4 nitrogen and oxygen atoms in total. The Bertz CT molecular complexity index is 350. The fourth-order valence-corrected chi connectivity index (χ4v) is 3.92. The number of hydrogen-bond acceptors (Lipinski definition) is 3. The first-order valence-corrected chi connectivity index (χ1v) is 7.44. The molecule has 0 amide bonds. The molecule has 2 saturated carbocycles. The number of esters is 1. The highest BCUT2D eigenvalue weighted by molar-refractivity contribution is 5.74. The fraction of sp³-hybridized carbons (Fsp3) is 0.867. The Morgan fingerprint density at radius 3 is 2.05 bits per heavy atom. The van der Waals surface area contributed by atoms with Crippen molar-refractivity contribution >= 4 is 11.9 Å². The highest BCUT2D eigenvalue weighted by Crippen LogP contribution is 2.47. The van der Waals surface area contributed by atoms with Crippen LogP contribution in [0.2, 0.25) is 0 Å². The zero-order valence-corrected chi connectivity index (χ0v) is 11.8. The SMILES string of the molecule is CC(C)OC(=O)C1CCCC1C1CCCC1C(=O)O. The molecular weight excluding hydrogens is 244 g/mol. The van der Waals surface area contributed by atoms with E-state index in [4.69, 9.17) is 4.74 Å². The monoisotopic (exact) mass is 268 g/mol. The van der Waals surface area contributed by atoms with Gasteiger partial charge in [0.05, 0.1) is 17.9 Å². The van der Waals surface area contributed by atoms with E-state index in [-0.39, 0.29) is 35.7 Å². The Kier molecular flexibility index (Phi) is 4.48. The van der Waals surface area contributed by atoms with Gasteiger partial charge in [-0.05, 0) is 51.4 Å². The first-order valence-electron chi connectivity index (χ1n) is 7.44. The number of hydrogen-bond donors (Lipinski definition) is 1. The lowest BCUT2D eigenvalue weighted by Gasteiger charge is -2.27. The number of ether oxygens (including phenoxy) is 1. The third-order valence-electron chi connectivity index (χ3n) is 4.66. The van der Waals surface area contributed by atoms with E-state index in [1.165, 1.54) is 0 Å². The van der Waals surface area contributed by atoms with Gasteiger partial charge >= 0.3 is 11.9 Å². The Morgan fingerprint density at radius 2 is 1.53 bits per heavy atom. The summed E-state index contributed by atoms with van der Waals surface area (Å²) in [5.41, 5.74) is 0. The first kappa shape index (κ1) is 14.4. The van der Waals surface area contributed by atoms with Crippen LogP contribution in [0.3, 0.4) is 0 Å². The van der Waals surface area contributed by atoms with Crippen LogP contribution in [0.25, 0.3) is 0 Å². The van der Waals surface area contributed by atoms with E-state index in [0.29, 0.717) is 0 Å². The minimum atomic E-state index is -0.689. The molecule has 2 aliphatic rings. The number of aliphatic carboxylic acids is 1. The highest BCUT2D eigenvalue weighted by Gasteiger charge is 2.45. The van der Waals surface area contributed by atoms with E-state index >= 15 is 0 Å². The van der Waals surface area contributed by atoms with Gasteiger partial charge in [0, 0.05) is 0 Å². The standard InChI is InChI=1S/C15H24O4/c1-9(2)19-15(18)13-8-4-6-11(13)10-5-3-7-12(10)14(16)17/h9-13H,3-8H2,1-2H3,(H,16,17). The van der Waals surface area contributed by atoms with Crippen LogP contribution >= 0.6 is 0 Å². The van der Waals surface area contributed by atoms with Crippen molar-refractivity contribution in [3.8, 4) is 0 Å². The van der Waals surface area contributed by atoms with Gasteiger partial charge in [0.25, 0.3) is 0 Å². The van der Waals surface area contributed by atoms with Crippen LogP contribution in [-0.4, -0.2) is 23.1 Å². The van der Waals surface area contributed by atoms with E-state index in [1.807, 2.05) is 13.8 Å². The van der Waals surface area contributed by atoms with Gasteiger partial charge in [-0.2, -0.15) is 0 Å². The van der Waals surface area contributed by atoms with Gasteiger partial charge in [0.15, 0.2) is 0 Å². The first-order chi connectivity index (χ1) is 9.00. The van der Waals surface area contributed by atoms with Crippen LogP contribution in [0.1, 0.15) is 52.4 Å². The molecule has 0 radical (unpaired) electrons. The van der Waals surface area contributed by atoms with Gasteiger partial charge < -0.3 is 9.84 Å². The number of rotatable bonds is 4. The topological polar surface area (TPSA) is 63.6 Å². The fourth-order valence-electron chi connectivity index (χ4n) is 3.92. The smallest absolute Gasteiger partial charge is 0.309 e. The van der Waals surface area contributed by atoms with Crippen LogP contribution in [0.4, 0.5) is 0 Å². The van der Waals surface area contributed by atoms with Gasteiger partial charge in [-0.15, -0.1) is 0 Å². The molecule has 2 rings (SSSR count). The number of carboxylic acids is 1. The minimum Gasteiger partial charge on any atom is -0.481 e. The van der Waals surface area contributed by atoms with E-state index in [1.54, 1.807) is 0 Å². The van der Waals surface area contributed by atoms with Crippen LogP contribution in [0.15, 0.2) is 0 Å². The molecule has 0 aromatic rings. The largest absolute Gasteiger partial charge is 0.481 e. The van der Waals surface area contributed by atoms with Crippen molar-refractivity contribution in [1.82, 2.24) is 0 Å². The van der Waals surface area contributed by atoms with Gasteiger partial charge in [-0.3, -0.25) is 9.59 Å². The zero-order chi connectivity index (χ0) is 14.0. The summed E-state index contributed by atoms with van der Waals surface area (Å²) in [5, 5.41) is 9.30. The Hall–Kier alpha value is -1.06.